The maximum atomic E-state index is 12.7. The van der Waals surface area contributed by atoms with Crippen LogP contribution in [0.3, 0.4) is 0 Å². The number of para-hydroxylation sites is 1. The minimum atomic E-state index is -3.85. The number of nitro benzene ring substituents is 1. The molecule has 0 saturated carbocycles. The predicted molar refractivity (Wildman–Crippen MR) is 149 cm³/mol. The highest BCUT2D eigenvalue weighted by atomic mass is 32.2. The van der Waals surface area contributed by atoms with Crippen molar-refractivity contribution in [1.82, 2.24) is 20.6 Å². The fourth-order valence-electron chi connectivity index (χ4n) is 3.68. The average Bonchev–Trinajstić information content (AvgIpc) is 3.35. The van der Waals surface area contributed by atoms with Gasteiger partial charge in [0.05, 0.1) is 28.1 Å². The summed E-state index contributed by atoms with van der Waals surface area (Å²) in [5.41, 5.74) is 4.91. The smallest absolute Gasteiger partial charge is 0.269 e. The number of nitrogens with zero attached hydrogens (tertiary/aromatic N) is 5. The van der Waals surface area contributed by atoms with Crippen LogP contribution in [0.4, 0.5) is 23.0 Å². The number of anilines is 3. The SMILES string of the molecule is Cc1cc(NS(=O)(=O)c2ccc(Nc3nc(CN/N=C/c4ccc([N+](=O)[O-])cc4)nc4ccccc34)cc2)no1. The monoisotopic (exact) mass is 558 g/mol. The molecule has 0 bridgehead atoms. The van der Waals surface area contributed by atoms with Crippen molar-refractivity contribution < 1.29 is 17.9 Å². The largest absolute Gasteiger partial charge is 0.360 e. The van der Waals surface area contributed by atoms with Gasteiger partial charge >= 0.3 is 0 Å². The van der Waals surface area contributed by atoms with Gasteiger partial charge < -0.3 is 15.3 Å². The molecule has 0 saturated heterocycles. The predicted octanol–water partition coefficient (Wildman–Crippen LogP) is 4.50. The van der Waals surface area contributed by atoms with Gasteiger partial charge in [0.1, 0.15) is 11.6 Å². The van der Waals surface area contributed by atoms with Crippen molar-refractivity contribution in [3.63, 3.8) is 0 Å². The molecule has 2 heterocycles. The molecule has 0 aliphatic heterocycles. The van der Waals surface area contributed by atoms with E-state index in [1.54, 1.807) is 31.2 Å². The van der Waals surface area contributed by atoms with Crippen LogP contribution >= 0.6 is 0 Å². The maximum Gasteiger partial charge on any atom is 0.269 e. The summed E-state index contributed by atoms with van der Waals surface area (Å²) in [6.45, 7) is 1.88. The molecule has 0 amide bonds. The summed E-state index contributed by atoms with van der Waals surface area (Å²) in [6, 6.07) is 21.2. The number of rotatable bonds is 10. The Balaban J connectivity index is 1.30. The quantitative estimate of drug-likeness (QED) is 0.126. The molecule has 0 unspecified atom stereocenters. The molecule has 13 nitrogen and oxygen atoms in total. The van der Waals surface area contributed by atoms with Gasteiger partial charge in [-0.1, -0.05) is 17.3 Å². The molecule has 2 aromatic heterocycles. The molecule has 3 aromatic carbocycles. The van der Waals surface area contributed by atoms with Gasteiger partial charge in [0.15, 0.2) is 11.6 Å². The lowest BCUT2D eigenvalue weighted by molar-refractivity contribution is -0.384. The van der Waals surface area contributed by atoms with E-state index >= 15 is 0 Å². The van der Waals surface area contributed by atoms with Crippen LogP contribution in [0.2, 0.25) is 0 Å². The van der Waals surface area contributed by atoms with Crippen molar-refractivity contribution in [2.75, 3.05) is 10.0 Å². The Hall–Kier alpha value is -5.37. The molecule has 0 aliphatic rings. The molecule has 0 spiro atoms. The third-order valence-electron chi connectivity index (χ3n) is 5.59. The fourth-order valence-corrected chi connectivity index (χ4v) is 4.67. The van der Waals surface area contributed by atoms with Crippen LogP contribution in [-0.4, -0.2) is 34.7 Å². The number of hydrogen-bond donors (Lipinski definition) is 3. The van der Waals surface area contributed by atoms with Gasteiger partial charge in [-0.2, -0.15) is 5.10 Å². The van der Waals surface area contributed by atoms with E-state index in [1.165, 1.54) is 36.5 Å². The van der Waals surface area contributed by atoms with Crippen molar-refractivity contribution >= 4 is 50.2 Å². The highest BCUT2D eigenvalue weighted by Crippen LogP contribution is 2.25. The van der Waals surface area contributed by atoms with E-state index in [-0.39, 0.29) is 22.9 Å². The number of non-ortho nitro benzene ring substituents is 1. The van der Waals surface area contributed by atoms with Crippen molar-refractivity contribution in [3.05, 3.63) is 106 Å². The molecule has 0 aliphatic carbocycles. The maximum absolute atomic E-state index is 12.7. The molecule has 0 atom stereocenters. The van der Waals surface area contributed by atoms with Crippen molar-refractivity contribution in [2.24, 2.45) is 5.10 Å². The van der Waals surface area contributed by atoms with Crippen LogP contribution in [0.5, 0.6) is 0 Å². The second kappa shape index (κ2) is 11.2. The van der Waals surface area contributed by atoms with E-state index < -0.39 is 14.9 Å². The van der Waals surface area contributed by atoms with E-state index in [4.69, 9.17) is 4.52 Å². The van der Waals surface area contributed by atoms with Gasteiger partial charge in [0.25, 0.3) is 15.7 Å². The number of hydrazone groups is 1. The van der Waals surface area contributed by atoms with Gasteiger partial charge in [0.2, 0.25) is 0 Å². The molecule has 5 rings (SSSR count). The summed E-state index contributed by atoms with van der Waals surface area (Å²) in [5, 5.41) is 22.6. The molecule has 0 radical (unpaired) electrons. The lowest BCUT2D eigenvalue weighted by Gasteiger charge is -2.12. The van der Waals surface area contributed by atoms with Gasteiger partial charge in [-0.05, 0) is 61.0 Å². The van der Waals surface area contributed by atoms with Gasteiger partial charge in [-0.15, -0.1) is 0 Å². The second-order valence-electron chi connectivity index (χ2n) is 8.53. The summed E-state index contributed by atoms with van der Waals surface area (Å²) in [6.07, 6.45) is 1.54. The highest BCUT2D eigenvalue weighted by molar-refractivity contribution is 7.92. The summed E-state index contributed by atoms with van der Waals surface area (Å²) in [5.74, 6) is 1.59. The summed E-state index contributed by atoms with van der Waals surface area (Å²) in [7, 11) is -3.85. The van der Waals surface area contributed by atoms with Gasteiger partial charge in [-0.3, -0.25) is 14.8 Å². The number of nitro groups is 1. The number of nitrogens with one attached hydrogen (secondary N) is 3. The molecule has 14 heteroatoms. The van der Waals surface area contributed by atoms with E-state index in [0.29, 0.717) is 34.2 Å². The van der Waals surface area contributed by atoms with Crippen molar-refractivity contribution in [2.45, 2.75) is 18.4 Å². The lowest BCUT2D eigenvalue weighted by Crippen LogP contribution is -2.13. The molecular weight excluding hydrogens is 536 g/mol. The molecule has 0 fully saturated rings. The molecule has 5 aromatic rings. The van der Waals surface area contributed by atoms with E-state index in [1.807, 2.05) is 24.3 Å². The minimum absolute atomic E-state index is 0.00394. The average molecular weight is 559 g/mol. The topological polar surface area (TPSA) is 178 Å². The first-order valence-electron chi connectivity index (χ1n) is 11.9. The number of sulfonamides is 1. The Labute approximate surface area is 228 Å². The Morgan fingerprint density at radius 1 is 1.02 bits per heavy atom. The number of hydrogen-bond acceptors (Lipinski definition) is 11. The molecule has 40 heavy (non-hydrogen) atoms. The Kier molecular flexibility index (Phi) is 7.33. The minimum Gasteiger partial charge on any atom is -0.360 e. The molecule has 3 N–H and O–H groups in total. The van der Waals surface area contributed by atoms with Crippen LogP contribution in [0, 0.1) is 17.0 Å². The Morgan fingerprint density at radius 3 is 2.48 bits per heavy atom. The van der Waals surface area contributed by atoms with Crippen molar-refractivity contribution in [1.29, 1.82) is 0 Å². The van der Waals surface area contributed by atoms with Crippen LogP contribution in [0.15, 0.2) is 93.4 Å². The zero-order valence-electron chi connectivity index (χ0n) is 21.0. The summed E-state index contributed by atoms with van der Waals surface area (Å²) in [4.78, 5) is 19.6. The Bertz CT molecular complexity index is 1800. The lowest BCUT2D eigenvalue weighted by atomic mass is 10.2. The zero-order chi connectivity index (χ0) is 28.1. The number of fused-ring (bicyclic) bond motifs is 1. The molecule has 202 valence electrons. The molecular formula is C26H22N8O5S. The first-order valence-corrected chi connectivity index (χ1v) is 13.3. The van der Waals surface area contributed by atoms with E-state index in [9.17, 15) is 18.5 Å². The zero-order valence-corrected chi connectivity index (χ0v) is 21.8. The highest BCUT2D eigenvalue weighted by Gasteiger charge is 2.16. The normalized spacial score (nSPS) is 11.5. The van der Waals surface area contributed by atoms with Crippen LogP contribution < -0.4 is 15.5 Å². The number of benzene rings is 3. The number of aryl methyl sites for hydroxylation is 1. The van der Waals surface area contributed by atoms with Gasteiger partial charge in [0, 0.05) is 29.3 Å². The van der Waals surface area contributed by atoms with Crippen LogP contribution in [0.1, 0.15) is 17.1 Å². The van der Waals surface area contributed by atoms with Crippen molar-refractivity contribution in [3.8, 4) is 0 Å². The number of aromatic nitrogens is 3. The van der Waals surface area contributed by atoms with Crippen LogP contribution in [0.25, 0.3) is 10.9 Å². The van der Waals surface area contributed by atoms with Gasteiger partial charge in [-0.25, -0.2) is 18.4 Å². The summed E-state index contributed by atoms with van der Waals surface area (Å²) < 4.78 is 32.6. The fraction of sp³-hybridized carbons (Fsp3) is 0.0769. The van der Waals surface area contributed by atoms with Crippen LogP contribution in [-0.2, 0) is 16.6 Å². The first kappa shape index (κ1) is 26.2. The second-order valence-corrected chi connectivity index (χ2v) is 10.2. The standard InChI is InChI=1S/C26H22N8O5S/c1-17-14-24(32-39-17)33-40(37,38)21-12-8-19(9-13-21)29-26-22-4-2-3-5-23(22)30-25(31-26)16-28-27-15-18-6-10-20(11-7-18)34(35)36/h2-15,28H,16H2,1H3,(H,32,33)(H,29,30,31)/b27-15+. The Morgan fingerprint density at radius 2 is 1.77 bits per heavy atom. The third-order valence-corrected chi connectivity index (χ3v) is 6.96. The third kappa shape index (κ3) is 6.19. The van der Waals surface area contributed by atoms with E-state index in [2.05, 4.69) is 35.7 Å². The first-order chi connectivity index (χ1) is 19.3. The summed E-state index contributed by atoms with van der Waals surface area (Å²) >= 11 is 0. The van der Waals surface area contributed by atoms with E-state index in [0.717, 1.165) is 5.39 Å².